The summed E-state index contributed by atoms with van der Waals surface area (Å²) in [6.45, 7) is 1.87. The van der Waals surface area contributed by atoms with Gasteiger partial charge in [0, 0.05) is 5.41 Å². The summed E-state index contributed by atoms with van der Waals surface area (Å²) in [4.78, 5) is 11.4. The largest absolute Gasteiger partial charge is 0.480 e. The molecule has 0 aliphatic carbocycles. The first-order chi connectivity index (χ1) is 9.06. The highest BCUT2D eigenvalue weighted by Gasteiger charge is 2.39. The van der Waals surface area contributed by atoms with Crippen LogP contribution in [0.3, 0.4) is 0 Å². The van der Waals surface area contributed by atoms with Crippen molar-refractivity contribution in [3.05, 3.63) is 71.8 Å². The molecule has 19 heavy (non-hydrogen) atoms. The summed E-state index contributed by atoms with van der Waals surface area (Å²) in [7, 11) is 0. The predicted octanol–water partition coefficient (Wildman–Crippen LogP) is 2.40. The van der Waals surface area contributed by atoms with E-state index in [1.165, 1.54) is 0 Å². The summed E-state index contributed by atoms with van der Waals surface area (Å²) in [5, 5.41) is 9.32. The molecule has 2 aromatic carbocycles. The Bertz CT molecular complexity index is 512. The van der Waals surface area contributed by atoms with Gasteiger partial charge in [0.25, 0.3) is 0 Å². The van der Waals surface area contributed by atoms with Gasteiger partial charge < -0.3 is 10.8 Å². The molecule has 2 aromatic rings. The molecule has 0 bridgehead atoms. The second-order valence-corrected chi connectivity index (χ2v) is 4.75. The van der Waals surface area contributed by atoms with E-state index in [-0.39, 0.29) is 0 Å². The summed E-state index contributed by atoms with van der Waals surface area (Å²) in [5.74, 6) is -1.00. The van der Waals surface area contributed by atoms with Crippen molar-refractivity contribution < 1.29 is 9.90 Å². The molecule has 1 unspecified atom stereocenters. The molecule has 3 nitrogen and oxygen atoms in total. The van der Waals surface area contributed by atoms with Gasteiger partial charge in [0.1, 0.15) is 6.04 Å². The summed E-state index contributed by atoms with van der Waals surface area (Å²) >= 11 is 0. The maximum atomic E-state index is 11.4. The molecule has 0 aliphatic rings. The molecule has 3 heteroatoms. The van der Waals surface area contributed by atoms with Crippen molar-refractivity contribution in [1.29, 1.82) is 0 Å². The fourth-order valence-corrected chi connectivity index (χ4v) is 2.34. The first-order valence-electron chi connectivity index (χ1n) is 6.16. The Hall–Kier alpha value is -2.13. The molecule has 0 spiro atoms. The van der Waals surface area contributed by atoms with E-state index in [2.05, 4.69) is 0 Å². The molecular weight excluding hydrogens is 238 g/mol. The lowest BCUT2D eigenvalue weighted by Gasteiger charge is -2.34. The number of nitrogens with two attached hydrogens (primary N) is 1. The Morgan fingerprint density at radius 2 is 1.37 bits per heavy atom. The molecule has 0 fully saturated rings. The first-order valence-corrected chi connectivity index (χ1v) is 6.16. The van der Waals surface area contributed by atoms with Crippen LogP contribution in [0.15, 0.2) is 60.7 Å². The van der Waals surface area contributed by atoms with Crippen LogP contribution in [0.25, 0.3) is 0 Å². The number of aliphatic carboxylic acids is 1. The molecule has 0 amide bonds. The topological polar surface area (TPSA) is 63.3 Å². The normalized spacial score (nSPS) is 12.9. The fraction of sp³-hybridized carbons (Fsp3) is 0.188. The smallest absolute Gasteiger partial charge is 0.321 e. The zero-order valence-corrected chi connectivity index (χ0v) is 10.8. The van der Waals surface area contributed by atoms with E-state index in [0.717, 1.165) is 11.1 Å². The number of carboxylic acids is 1. The van der Waals surface area contributed by atoms with Crippen LogP contribution in [0, 0.1) is 0 Å². The Morgan fingerprint density at radius 3 is 1.68 bits per heavy atom. The minimum Gasteiger partial charge on any atom is -0.480 e. The maximum absolute atomic E-state index is 11.4. The highest BCUT2D eigenvalue weighted by Crippen LogP contribution is 2.34. The second kappa shape index (κ2) is 5.24. The quantitative estimate of drug-likeness (QED) is 0.881. The maximum Gasteiger partial charge on any atom is 0.321 e. The molecule has 0 aliphatic heterocycles. The zero-order chi connectivity index (χ0) is 13.9. The SMILES string of the molecule is CC(c1ccccc1)(c1ccccc1)C(N)C(=O)O. The summed E-state index contributed by atoms with van der Waals surface area (Å²) in [5.41, 5.74) is 7.00. The molecule has 1 atom stereocenters. The molecule has 3 N–H and O–H groups in total. The average molecular weight is 255 g/mol. The van der Waals surface area contributed by atoms with Gasteiger partial charge in [-0.05, 0) is 18.1 Å². The third-order valence-corrected chi connectivity index (χ3v) is 3.63. The number of rotatable bonds is 4. The van der Waals surface area contributed by atoms with E-state index >= 15 is 0 Å². The van der Waals surface area contributed by atoms with Crippen molar-refractivity contribution in [2.24, 2.45) is 5.73 Å². The molecule has 2 rings (SSSR count). The summed E-state index contributed by atoms with van der Waals surface area (Å²) in [6.07, 6.45) is 0. The van der Waals surface area contributed by atoms with Gasteiger partial charge in [-0.1, -0.05) is 60.7 Å². The van der Waals surface area contributed by atoms with Crippen LogP contribution in [0.4, 0.5) is 0 Å². The van der Waals surface area contributed by atoms with Crippen molar-refractivity contribution in [2.45, 2.75) is 18.4 Å². The van der Waals surface area contributed by atoms with Crippen LogP contribution in [-0.2, 0) is 10.2 Å². The monoisotopic (exact) mass is 255 g/mol. The van der Waals surface area contributed by atoms with E-state index in [4.69, 9.17) is 5.73 Å². The van der Waals surface area contributed by atoms with Crippen LogP contribution in [-0.4, -0.2) is 17.1 Å². The van der Waals surface area contributed by atoms with Gasteiger partial charge in [0.15, 0.2) is 0 Å². The van der Waals surface area contributed by atoms with Crippen molar-refractivity contribution in [3.8, 4) is 0 Å². The van der Waals surface area contributed by atoms with E-state index in [1.807, 2.05) is 67.6 Å². The number of carbonyl (C=O) groups is 1. The Labute approximate surface area is 112 Å². The first kappa shape index (κ1) is 13.3. The lowest BCUT2D eigenvalue weighted by Crippen LogP contribution is -2.49. The Morgan fingerprint density at radius 1 is 1.00 bits per heavy atom. The van der Waals surface area contributed by atoms with Crippen LogP contribution >= 0.6 is 0 Å². The number of benzene rings is 2. The third kappa shape index (κ3) is 2.37. The van der Waals surface area contributed by atoms with Gasteiger partial charge in [-0.15, -0.1) is 0 Å². The Kier molecular flexibility index (Phi) is 3.67. The van der Waals surface area contributed by atoms with Crippen molar-refractivity contribution in [1.82, 2.24) is 0 Å². The average Bonchev–Trinajstić information content (AvgIpc) is 2.47. The standard InChI is InChI=1S/C16H17NO2/c1-16(14(17)15(18)19,12-8-4-2-5-9-12)13-10-6-3-7-11-13/h2-11,14H,17H2,1H3,(H,18,19). The molecule has 0 saturated heterocycles. The second-order valence-electron chi connectivity index (χ2n) is 4.75. The van der Waals surface area contributed by atoms with E-state index in [9.17, 15) is 9.90 Å². The minimum atomic E-state index is -1.00. The highest BCUT2D eigenvalue weighted by molar-refractivity contribution is 5.77. The molecule has 0 saturated carbocycles. The fourth-order valence-electron chi connectivity index (χ4n) is 2.34. The number of hydrogen-bond donors (Lipinski definition) is 2. The van der Waals surface area contributed by atoms with Crippen LogP contribution in [0.2, 0.25) is 0 Å². The number of hydrogen-bond acceptors (Lipinski definition) is 2. The van der Waals surface area contributed by atoms with E-state index < -0.39 is 17.4 Å². The van der Waals surface area contributed by atoms with E-state index in [0.29, 0.717) is 0 Å². The number of carboxylic acid groups (broad SMARTS) is 1. The summed E-state index contributed by atoms with van der Waals surface area (Å²) in [6, 6.07) is 18.0. The lowest BCUT2D eigenvalue weighted by molar-refractivity contribution is -0.139. The van der Waals surface area contributed by atoms with Crippen LogP contribution in [0.5, 0.6) is 0 Å². The van der Waals surface area contributed by atoms with Crippen LogP contribution in [0.1, 0.15) is 18.1 Å². The van der Waals surface area contributed by atoms with Gasteiger partial charge in [0.2, 0.25) is 0 Å². The van der Waals surface area contributed by atoms with Crippen molar-refractivity contribution >= 4 is 5.97 Å². The molecule has 0 aromatic heterocycles. The molecular formula is C16H17NO2. The predicted molar refractivity (Wildman–Crippen MR) is 74.9 cm³/mol. The van der Waals surface area contributed by atoms with Crippen LogP contribution < -0.4 is 5.73 Å². The molecule has 98 valence electrons. The molecule has 0 heterocycles. The Balaban J connectivity index is 2.61. The van der Waals surface area contributed by atoms with Gasteiger partial charge in [0.05, 0.1) is 0 Å². The minimum absolute atomic E-state index is 0.756. The summed E-state index contributed by atoms with van der Waals surface area (Å²) < 4.78 is 0. The van der Waals surface area contributed by atoms with Gasteiger partial charge in [-0.25, -0.2) is 0 Å². The van der Waals surface area contributed by atoms with Gasteiger partial charge in [-0.2, -0.15) is 0 Å². The third-order valence-electron chi connectivity index (χ3n) is 3.63. The van der Waals surface area contributed by atoms with Gasteiger partial charge in [-0.3, -0.25) is 4.79 Å². The lowest BCUT2D eigenvalue weighted by atomic mass is 9.71. The molecule has 0 radical (unpaired) electrons. The van der Waals surface area contributed by atoms with Crippen molar-refractivity contribution in [2.75, 3.05) is 0 Å². The van der Waals surface area contributed by atoms with Crippen molar-refractivity contribution in [3.63, 3.8) is 0 Å². The zero-order valence-electron chi connectivity index (χ0n) is 10.8. The highest BCUT2D eigenvalue weighted by atomic mass is 16.4. The van der Waals surface area contributed by atoms with E-state index in [1.54, 1.807) is 0 Å². The van der Waals surface area contributed by atoms with Gasteiger partial charge >= 0.3 is 5.97 Å².